The molecule has 3 atom stereocenters. The number of benzene rings is 4. The number of aromatic nitrogens is 2. The van der Waals surface area contributed by atoms with Gasteiger partial charge in [0.2, 0.25) is 0 Å². The Hall–Kier alpha value is -6.60. The fourth-order valence-electron chi connectivity index (χ4n) is 12.5. The van der Waals surface area contributed by atoms with Crippen LogP contribution in [0.15, 0.2) is 108 Å². The number of piperidine rings is 2. The van der Waals surface area contributed by atoms with Crippen LogP contribution < -0.4 is 24.4 Å². The number of nitro groups is 1. The summed E-state index contributed by atoms with van der Waals surface area (Å²) in [7, 11) is -4.73. The molecule has 6 aromatic rings. The van der Waals surface area contributed by atoms with Gasteiger partial charge in [-0.05, 0) is 104 Å². The number of nitrogens with one attached hydrogen (secondary N) is 3. The summed E-state index contributed by atoms with van der Waals surface area (Å²) in [6, 6.07) is 28.4. The number of rotatable bonds is 13. The number of ether oxygens (including phenoxy) is 2. The average Bonchev–Trinajstić information content (AvgIpc) is 3.78. The number of halogens is 1. The van der Waals surface area contributed by atoms with Crippen LogP contribution in [0.5, 0.6) is 17.2 Å². The van der Waals surface area contributed by atoms with Gasteiger partial charge in [-0.2, -0.15) is 0 Å². The van der Waals surface area contributed by atoms with Crippen molar-refractivity contribution >= 4 is 44.0 Å². The lowest BCUT2D eigenvalue weighted by molar-refractivity contribution is -0.384. The number of H-pyrrole nitrogens is 1. The molecule has 0 unspecified atom stereocenters. The minimum Gasteiger partial charge on any atom is -0.489 e. The van der Waals surface area contributed by atoms with Crippen molar-refractivity contribution in [1.82, 2.24) is 24.5 Å². The van der Waals surface area contributed by atoms with Crippen LogP contribution in [0.1, 0.15) is 105 Å². The molecule has 1 saturated carbocycles. The predicted octanol–water partition coefficient (Wildman–Crippen LogP) is 9.72. The van der Waals surface area contributed by atoms with Crippen LogP contribution >= 0.6 is 0 Å². The van der Waals surface area contributed by atoms with Crippen LogP contribution in [0.2, 0.25) is 0 Å². The Bertz CT molecular complexity index is 3220. The Morgan fingerprint density at radius 3 is 2.48 bits per heavy atom. The molecule has 16 nitrogen and oxygen atoms in total. The molecule has 2 aromatic heterocycles. The number of nitro benzene ring substituents is 1. The van der Waals surface area contributed by atoms with E-state index in [2.05, 4.69) is 103 Å². The van der Waals surface area contributed by atoms with Crippen molar-refractivity contribution in [3.05, 3.63) is 142 Å². The fraction of sp³-hybridized carbons (Fsp3) is 0.439. The molecule has 3 saturated heterocycles. The Morgan fingerprint density at radius 1 is 0.987 bits per heavy atom. The highest BCUT2D eigenvalue weighted by Crippen LogP contribution is 2.48. The normalized spacial score (nSPS) is 24.0. The van der Waals surface area contributed by atoms with Crippen LogP contribution in [0.3, 0.4) is 0 Å². The van der Waals surface area contributed by atoms with Gasteiger partial charge in [0.1, 0.15) is 29.6 Å². The maximum absolute atomic E-state index is 14.8. The zero-order valence-electron chi connectivity index (χ0n) is 42.6. The molecule has 4 aliphatic heterocycles. The topological polar surface area (TPSA) is 195 Å². The zero-order chi connectivity index (χ0) is 52.2. The number of amides is 1. The van der Waals surface area contributed by atoms with Crippen molar-refractivity contribution in [2.75, 3.05) is 56.1 Å². The molecule has 0 radical (unpaired) electrons. The van der Waals surface area contributed by atoms with Gasteiger partial charge in [0.25, 0.3) is 21.6 Å². The molecule has 1 amide bonds. The van der Waals surface area contributed by atoms with Gasteiger partial charge in [0.15, 0.2) is 11.4 Å². The molecule has 18 heteroatoms. The molecule has 11 rings (SSSR count). The highest BCUT2D eigenvalue weighted by atomic mass is 32.2. The molecule has 4 fully saturated rings. The second kappa shape index (κ2) is 20.2. The van der Waals surface area contributed by atoms with Gasteiger partial charge in [0.05, 0.1) is 38.6 Å². The van der Waals surface area contributed by atoms with E-state index in [1.807, 2.05) is 0 Å². The number of carbonyl (C=O) groups is 1. The van der Waals surface area contributed by atoms with Gasteiger partial charge in [-0.1, -0.05) is 68.4 Å². The second-order valence-corrected chi connectivity index (χ2v) is 23.9. The summed E-state index contributed by atoms with van der Waals surface area (Å²) < 4.78 is 57.3. The molecule has 0 bridgehead atoms. The Kier molecular flexibility index (Phi) is 13.6. The molecule has 1 spiro atoms. The third kappa shape index (κ3) is 10.4. The first kappa shape index (κ1) is 50.6. The third-order valence-corrected chi connectivity index (χ3v) is 18.1. The van der Waals surface area contributed by atoms with E-state index in [0.29, 0.717) is 49.2 Å². The molecule has 6 heterocycles. The van der Waals surface area contributed by atoms with Crippen molar-refractivity contribution in [3.63, 3.8) is 0 Å². The quantitative estimate of drug-likeness (QED) is 0.0631. The third-order valence-electron chi connectivity index (χ3n) is 16.8. The minimum absolute atomic E-state index is 0.0120. The summed E-state index contributed by atoms with van der Waals surface area (Å²) in [5.41, 5.74) is 4.09. The predicted molar refractivity (Wildman–Crippen MR) is 285 cm³/mol. The summed E-state index contributed by atoms with van der Waals surface area (Å²) in [6.45, 7) is 13.1. The molecule has 4 N–H and O–H groups in total. The van der Waals surface area contributed by atoms with Crippen molar-refractivity contribution in [1.29, 1.82) is 0 Å². The lowest BCUT2D eigenvalue weighted by Gasteiger charge is -2.59. The van der Waals surface area contributed by atoms with E-state index in [-0.39, 0.29) is 57.9 Å². The number of carbonyl (C=O) groups excluding carboxylic acids is 1. The lowest BCUT2D eigenvalue weighted by Crippen LogP contribution is -2.65. The van der Waals surface area contributed by atoms with Crippen LogP contribution in [-0.2, 0) is 16.6 Å². The first-order valence-corrected chi connectivity index (χ1v) is 27.8. The summed E-state index contributed by atoms with van der Waals surface area (Å²) in [5, 5.41) is 26.3. The van der Waals surface area contributed by atoms with E-state index in [4.69, 9.17) is 9.47 Å². The number of hydrogen-bond acceptors (Lipinski definition) is 13. The molecule has 1 aliphatic carbocycles. The van der Waals surface area contributed by atoms with Gasteiger partial charge >= 0.3 is 0 Å². The van der Waals surface area contributed by atoms with Crippen molar-refractivity contribution < 1.29 is 37.1 Å². The molecule has 5 aliphatic rings. The largest absolute Gasteiger partial charge is 0.489 e. The monoisotopic (exact) mass is 1040 g/mol. The Balaban J connectivity index is 0.803. The molecular formula is C57H65FN8O8S. The van der Waals surface area contributed by atoms with E-state index in [9.17, 15) is 32.8 Å². The SMILES string of the molecule is CC(C)c1ccccc1[C@@H]1CN(Cc2ccccc2)CC[C@@H]1N1CC2(CCN(c3ccc(C(=O)NS(=O)(=O)c4cc5c(c([N+](=O)[O-])c4)N[C@@H](C4CCC(C)(O)CC4)CO5)c(Oc4cnc5[nH]cc(F)c5c4)c3)CC2)C1. The summed E-state index contributed by atoms with van der Waals surface area (Å²) in [4.78, 5) is 40.1. The number of hydrogen-bond donors (Lipinski definition) is 4. The fourth-order valence-corrected chi connectivity index (χ4v) is 13.5. The van der Waals surface area contributed by atoms with Crippen LogP contribution in [0, 0.1) is 27.3 Å². The molecule has 75 heavy (non-hydrogen) atoms. The number of pyridine rings is 1. The zero-order valence-corrected chi connectivity index (χ0v) is 43.5. The summed E-state index contributed by atoms with van der Waals surface area (Å²) in [6.07, 6.45) is 8.15. The highest BCUT2D eigenvalue weighted by Gasteiger charge is 2.50. The molecular weight excluding hydrogens is 976 g/mol. The number of sulfonamides is 1. The lowest BCUT2D eigenvalue weighted by atomic mass is 9.69. The standard InChI is InChI=1S/C57H65FN8O8S/c1-36(2)42-11-7-8-12-43(42)46-32-63(31-37-9-5-4-6-10-37)22-17-49(46)65-34-57(35-65)20-23-64(24-21-57)39-13-14-44(51(25-39)74-40-26-45-47(58)30-60-54(45)59-29-40)55(67)62-75(71,72)41-27-50(66(69)70)53-52(28-41)73-33-48(61-53)38-15-18-56(3,68)19-16-38/h4-14,25-30,36,38,46,48-49,61,68H,15-24,31-35H2,1-3H3,(H,59,60)(H,62,67)/t38?,46-,48+,49-,56?/m0/s1. The molecule has 394 valence electrons. The van der Waals surface area contributed by atoms with Gasteiger partial charge in [-0.3, -0.25) is 24.7 Å². The number of aliphatic hydroxyl groups is 1. The first-order chi connectivity index (χ1) is 36.0. The maximum atomic E-state index is 14.8. The van der Waals surface area contributed by atoms with E-state index in [1.54, 1.807) is 19.1 Å². The van der Waals surface area contributed by atoms with Crippen LogP contribution in [0.25, 0.3) is 11.0 Å². The number of likely N-dealkylation sites (tertiary alicyclic amines) is 2. The van der Waals surface area contributed by atoms with Gasteiger partial charge < -0.3 is 29.8 Å². The van der Waals surface area contributed by atoms with Crippen molar-refractivity contribution in [2.24, 2.45) is 11.3 Å². The Labute approximate surface area is 436 Å². The number of aromatic amines is 1. The number of nitrogens with zero attached hydrogens (tertiary/aromatic N) is 5. The first-order valence-electron chi connectivity index (χ1n) is 26.3. The minimum atomic E-state index is -4.73. The molecule has 4 aromatic carbocycles. The van der Waals surface area contributed by atoms with Gasteiger partial charge in [0, 0.05) is 87.9 Å². The smallest absolute Gasteiger partial charge is 0.297 e. The van der Waals surface area contributed by atoms with E-state index in [1.165, 1.54) is 47.3 Å². The van der Waals surface area contributed by atoms with Crippen LogP contribution in [0.4, 0.5) is 21.5 Å². The van der Waals surface area contributed by atoms with Crippen molar-refractivity contribution in [2.45, 2.75) is 107 Å². The average molecular weight is 1040 g/mol. The maximum Gasteiger partial charge on any atom is 0.297 e. The second-order valence-electron chi connectivity index (χ2n) is 22.2. The summed E-state index contributed by atoms with van der Waals surface area (Å²) >= 11 is 0. The van der Waals surface area contributed by atoms with Crippen LogP contribution in [-0.4, -0.2) is 108 Å². The van der Waals surface area contributed by atoms with E-state index in [0.717, 1.165) is 76.8 Å². The van der Waals surface area contributed by atoms with Gasteiger partial charge in [-0.15, -0.1) is 0 Å². The Morgan fingerprint density at radius 2 is 1.73 bits per heavy atom. The van der Waals surface area contributed by atoms with E-state index < -0.39 is 42.9 Å². The van der Waals surface area contributed by atoms with Crippen molar-refractivity contribution in [3.8, 4) is 17.2 Å². The summed E-state index contributed by atoms with van der Waals surface area (Å²) in [5.74, 6) is -0.593. The highest BCUT2D eigenvalue weighted by molar-refractivity contribution is 7.90. The van der Waals surface area contributed by atoms with Gasteiger partial charge in [-0.25, -0.2) is 22.5 Å². The number of fused-ring (bicyclic) bond motifs is 2. The van der Waals surface area contributed by atoms with E-state index >= 15 is 0 Å². The number of anilines is 2.